The van der Waals surface area contributed by atoms with Crippen molar-refractivity contribution in [3.8, 4) is 5.75 Å². The molecule has 0 radical (unpaired) electrons. The fraction of sp³-hybridized carbons (Fsp3) is 0.407. The maximum Gasteiger partial charge on any atom is 0.322 e. The van der Waals surface area contributed by atoms with Crippen molar-refractivity contribution in [2.75, 3.05) is 13.1 Å². The van der Waals surface area contributed by atoms with Crippen LogP contribution < -0.4 is 27.0 Å². The van der Waals surface area contributed by atoms with Crippen LogP contribution in [0.15, 0.2) is 42.5 Å². The fourth-order valence-corrected chi connectivity index (χ4v) is 4.86. The molecule has 10 nitrogen and oxygen atoms in total. The molecule has 1 heterocycles. The van der Waals surface area contributed by atoms with Crippen LogP contribution in [0.5, 0.6) is 5.75 Å². The maximum atomic E-state index is 13.2. The van der Waals surface area contributed by atoms with Gasteiger partial charge in [-0.25, -0.2) is 4.79 Å². The summed E-state index contributed by atoms with van der Waals surface area (Å²) < 4.78 is 0. The number of phenolic OH excluding ortho intramolecular Hbond substituents is 1. The van der Waals surface area contributed by atoms with Gasteiger partial charge in [0, 0.05) is 24.9 Å². The number of unbranched alkanes of at least 4 members (excludes halogenated alkanes) is 2. The summed E-state index contributed by atoms with van der Waals surface area (Å²) in [5.41, 5.74) is 7.64. The van der Waals surface area contributed by atoms with Crippen molar-refractivity contribution in [2.24, 2.45) is 5.73 Å². The number of fused-ring (bicyclic) bond motifs is 1. The van der Waals surface area contributed by atoms with E-state index in [-0.39, 0.29) is 29.9 Å². The quantitative estimate of drug-likeness (QED) is 0.208. The smallest absolute Gasteiger partial charge is 0.322 e. The van der Waals surface area contributed by atoms with Gasteiger partial charge in [0.05, 0.1) is 0 Å². The van der Waals surface area contributed by atoms with Gasteiger partial charge in [0.25, 0.3) is 11.8 Å². The number of hydrogen-bond acceptors (Lipinski definition) is 6. The second-order valence-corrected chi connectivity index (χ2v) is 9.69. The van der Waals surface area contributed by atoms with Crippen molar-refractivity contribution in [3.63, 3.8) is 0 Å². The van der Waals surface area contributed by atoms with Crippen LogP contribution in [0.25, 0.3) is 0 Å². The number of carbonyl (C=O) groups is 4. The molecule has 5 amide bonds. The van der Waals surface area contributed by atoms with Gasteiger partial charge in [0.15, 0.2) is 0 Å². The van der Waals surface area contributed by atoms with Gasteiger partial charge in [-0.3, -0.25) is 19.7 Å². The monoisotopic (exact) mass is 507 g/mol. The summed E-state index contributed by atoms with van der Waals surface area (Å²) in [5, 5.41) is 20.4. The van der Waals surface area contributed by atoms with E-state index in [1.807, 2.05) is 0 Å². The van der Waals surface area contributed by atoms with E-state index in [2.05, 4.69) is 21.3 Å². The molecule has 1 fully saturated rings. The Hall–Kier alpha value is -3.92. The van der Waals surface area contributed by atoms with Crippen molar-refractivity contribution >= 4 is 23.8 Å². The SMILES string of the molecule is NCCCCCNC(=O)[C@@H](Cc1ccc(O)cc1)NC(=O)c1ccc2c(c1)CCC1(C2)NC(=O)NC1=O. The Balaban J connectivity index is 1.45. The molecule has 1 unspecified atom stereocenters. The third-order valence-corrected chi connectivity index (χ3v) is 6.97. The highest BCUT2D eigenvalue weighted by molar-refractivity contribution is 6.07. The minimum Gasteiger partial charge on any atom is -0.508 e. The highest BCUT2D eigenvalue weighted by Crippen LogP contribution is 2.31. The van der Waals surface area contributed by atoms with Gasteiger partial charge in [-0.05, 0) is 73.2 Å². The Morgan fingerprint density at radius 3 is 2.54 bits per heavy atom. The summed E-state index contributed by atoms with van der Waals surface area (Å²) >= 11 is 0. The van der Waals surface area contributed by atoms with Crippen LogP contribution in [0.1, 0.15) is 52.7 Å². The number of hydrogen-bond donors (Lipinski definition) is 6. The topological polar surface area (TPSA) is 163 Å². The molecule has 1 saturated heterocycles. The van der Waals surface area contributed by atoms with Crippen LogP contribution >= 0.6 is 0 Å². The van der Waals surface area contributed by atoms with Crippen LogP contribution in [-0.2, 0) is 28.9 Å². The molecule has 1 spiro atoms. The van der Waals surface area contributed by atoms with Crippen LogP contribution in [0.3, 0.4) is 0 Å². The summed E-state index contributed by atoms with van der Waals surface area (Å²) in [5.74, 6) is -0.857. The molecule has 10 heteroatoms. The number of amides is 5. The van der Waals surface area contributed by atoms with Gasteiger partial charge >= 0.3 is 6.03 Å². The number of benzene rings is 2. The predicted molar refractivity (Wildman–Crippen MR) is 137 cm³/mol. The van der Waals surface area contributed by atoms with Crippen LogP contribution in [0, 0.1) is 0 Å². The third kappa shape index (κ3) is 6.26. The number of rotatable bonds is 10. The highest BCUT2D eigenvalue weighted by Gasteiger charge is 2.47. The number of aromatic hydroxyl groups is 1. The molecule has 0 bridgehead atoms. The van der Waals surface area contributed by atoms with E-state index in [4.69, 9.17) is 5.73 Å². The van der Waals surface area contributed by atoms with Gasteiger partial charge in [0.1, 0.15) is 17.3 Å². The summed E-state index contributed by atoms with van der Waals surface area (Å²) in [4.78, 5) is 50.1. The standard InChI is InChI=1S/C27H33N5O5/c28-12-2-1-3-13-29-24(35)22(14-17-4-8-21(33)9-5-17)30-23(34)19-6-7-20-16-27(11-10-18(20)15-19)25(36)31-26(37)32-27/h4-9,15,22,33H,1-3,10-14,16,28H2,(H,29,35)(H,30,34)(H2,31,32,36,37)/t22-,27?/m1/s1. The Bertz CT molecular complexity index is 1180. The lowest BCUT2D eigenvalue weighted by molar-refractivity contribution is -0.124. The van der Waals surface area contributed by atoms with Gasteiger partial charge < -0.3 is 26.8 Å². The average molecular weight is 508 g/mol. The molecular weight excluding hydrogens is 474 g/mol. The summed E-state index contributed by atoms with van der Waals surface area (Å²) in [6.45, 7) is 1.10. The van der Waals surface area contributed by atoms with Crippen LogP contribution in [0.4, 0.5) is 4.79 Å². The van der Waals surface area contributed by atoms with E-state index in [0.717, 1.165) is 36.0 Å². The fourth-order valence-electron chi connectivity index (χ4n) is 4.86. The van der Waals surface area contributed by atoms with Crippen LogP contribution in [-0.4, -0.2) is 53.5 Å². The number of urea groups is 1. The maximum absolute atomic E-state index is 13.2. The molecule has 2 aromatic carbocycles. The van der Waals surface area contributed by atoms with E-state index in [1.54, 1.807) is 42.5 Å². The molecule has 1 aliphatic heterocycles. The minimum absolute atomic E-state index is 0.124. The second-order valence-electron chi connectivity index (χ2n) is 9.69. The highest BCUT2D eigenvalue weighted by atomic mass is 16.3. The van der Waals surface area contributed by atoms with Crippen molar-refractivity contribution in [2.45, 2.75) is 56.5 Å². The van der Waals surface area contributed by atoms with Gasteiger partial charge in [-0.1, -0.05) is 24.6 Å². The largest absolute Gasteiger partial charge is 0.508 e. The van der Waals surface area contributed by atoms with E-state index >= 15 is 0 Å². The van der Waals surface area contributed by atoms with E-state index in [9.17, 15) is 24.3 Å². The van der Waals surface area contributed by atoms with Crippen molar-refractivity contribution in [1.82, 2.24) is 21.3 Å². The Morgan fingerprint density at radius 2 is 1.84 bits per heavy atom. The zero-order chi connectivity index (χ0) is 26.4. The molecule has 7 N–H and O–H groups in total. The summed E-state index contributed by atoms with van der Waals surface area (Å²) in [7, 11) is 0. The number of nitrogens with one attached hydrogen (secondary N) is 4. The Morgan fingerprint density at radius 1 is 1.05 bits per heavy atom. The first-order valence-electron chi connectivity index (χ1n) is 12.6. The zero-order valence-corrected chi connectivity index (χ0v) is 20.6. The molecule has 37 heavy (non-hydrogen) atoms. The molecule has 4 rings (SSSR count). The number of imide groups is 1. The number of aryl methyl sites for hydroxylation is 1. The lowest BCUT2D eigenvalue weighted by Crippen LogP contribution is -2.51. The van der Waals surface area contributed by atoms with Gasteiger partial charge in [-0.2, -0.15) is 0 Å². The lowest BCUT2D eigenvalue weighted by atomic mass is 9.77. The van der Waals surface area contributed by atoms with E-state index in [0.29, 0.717) is 37.9 Å². The molecule has 0 saturated carbocycles. The first-order valence-corrected chi connectivity index (χ1v) is 12.6. The van der Waals surface area contributed by atoms with Crippen LogP contribution in [0.2, 0.25) is 0 Å². The van der Waals surface area contributed by atoms with E-state index in [1.165, 1.54) is 0 Å². The van der Waals surface area contributed by atoms with Gasteiger partial charge in [0.2, 0.25) is 5.91 Å². The predicted octanol–water partition coefficient (Wildman–Crippen LogP) is 1.05. The Labute approximate surface area is 215 Å². The van der Waals surface area contributed by atoms with Gasteiger partial charge in [-0.15, -0.1) is 0 Å². The molecule has 196 valence electrons. The first-order chi connectivity index (χ1) is 17.8. The van der Waals surface area contributed by atoms with Crippen molar-refractivity contribution < 1.29 is 24.3 Å². The molecule has 2 aromatic rings. The minimum atomic E-state index is -0.939. The molecule has 2 atom stereocenters. The molecule has 2 aliphatic rings. The molecule has 0 aromatic heterocycles. The molecule has 1 aliphatic carbocycles. The number of nitrogens with two attached hydrogens (primary N) is 1. The van der Waals surface area contributed by atoms with Crippen molar-refractivity contribution in [1.29, 1.82) is 0 Å². The molecular formula is C27H33N5O5. The lowest BCUT2D eigenvalue weighted by Gasteiger charge is -2.32. The Kier molecular flexibility index (Phi) is 8.08. The number of phenols is 1. The normalized spacial score (nSPS) is 19.1. The van der Waals surface area contributed by atoms with E-state index < -0.39 is 17.6 Å². The first kappa shape index (κ1) is 26.2. The summed E-state index contributed by atoms with van der Waals surface area (Å²) in [6.07, 6.45) is 4.20. The average Bonchev–Trinajstić information content (AvgIpc) is 3.15. The summed E-state index contributed by atoms with van der Waals surface area (Å²) in [6, 6.07) is 10.5. The third-order valence-electron chi connectivity index (χ3n) is 6.97. The zero-order valence-electron chi connectivity index (χ0n) is 20.6. The van der Waals surface area contributed by atoms with Crippen molar-refractivity contribution in [3.05, 3.63) is 64.7 Å². The number of carbonyl (C=O) groups excluding carboxylic acids is 4. The second kappa shape index (κ2) is 11.4.